The number of anilines is 1. The highest BCUT2D eigenvalue weighted by Gasteiger charge is 2.31. The zero-order valence-electron chi connectivity index (χ0n) is 17.7. The van der Waals surface area contributed by atoms with Gasteiger partial charge in [-0.05, 0) is 44.5 Å². The molecule has 29 heavy (non-hydrogen) atoms. The van der Waals surface area contributed by atoms with Gasteiger partial charge < -0.3 is 10.1 Å². The van der Waals surface area contributed by atoms with Crippen LogP contribution in [-0.2, 0) is 20.2 Å². The van der Waals surface area contributed by atoms with E-state index in [0.717, 1.165) is 5.56 Å². The lowest BCUT2D eigenvalue weighted by atomic mass is 9.83. The quantitative estimate of drug-likeness (QED) is 0.667. The van der Waals surface area contributed by atoms with Gasteiger partial charge in [-0.2, -0.15) is 4.31 Å². The second kappa shape index (κ2) is 9.41. The minimum Gasteiger partial charge on any atom is -0.492 e. The maximum atomic E-state index is 13.1. The summed E-state index contributed by atoms with van der Waals surface area (Å²) >= 11 is 0. The lowest BCUT2D eigenvalue weighted by Gasteiger charge is -2.25. The topological polar surface area (TPSA) is 75.7 Å². The van der Waals surface area contributed by atoms with E-state index >= 15 is 0 Å². The smallest absolute Gasteiger partial charge is 0.246 e. The van der Waals surface area contributed by atoms with Crippen LogP contribution < -0.4 is 10.1 Å². The van der Waals surface area contributed by atoms with E-state index in [0.29, 0.717) is 25.4 Å². The van der Waals surface area contributed by atoms with Crippen LogP contribution >= 0.6 is 0 Å². The molecule has 0 bridgehead atoms. The molecule has 0 aliphatic rings. The minimum absolute atomic E-state index is 0.0540. The number of nitrogens with one attached hydrogen (secondary N) is 1. The van der Waals surface area contributed by atoms with Gasteiger partial charge in [-0.3, -0.25) is 4.79 Å². The van der Waals surface area contributed by atoms with E-state index in [1.165, 1.54) is 10.4 Å². The van der Waals surface area contributed by atoms with Crippen LogP contribution in [0.5, 0.6) is 5.75 Å². The first-order valence-corrected chi connectivity index (χ1v) is 11.3. The first-order valence-electron chi connectivity index (χ1n) is 9.82. The second-order valence-electron chi connectivity index (χ2n) is 7.13. The molecule has 0 aliphatic carbocycles. The highest BCUT2D eigenvalue weighted by Crippen LogP contribution is 2.31. The van der Waals surface area contributed by atoms with E-state index in [4.69, 9.17) is 4.74 Å². The summed E-state index contributed by atoms with van der Waals surface area (Å²) in [7, 11) is -3.74. The van der Waals surface area contributed by atoms with Crippen LogP contribution in [0.25, 0.3) is 0 Å². The molecule has 2 aromatic rings. The van der Waals surface area contributed by atoms with Crippen LogP contribution in [0.4, 0.5) is 5.69 Å². The number of ether oxygens (including phenoxy) is 1. The Hall–Kier alpha value is -2.38. The van der Waals surface area contributed by atoms with Crippen molar-refractivity contribution in [3.05, 3.63) is 54.1 Å². The van der Waals surface area contributed by atoms with E-state index in [2.05, 4.69) is 5.32 Å². The molecule has 2 aromatic carbocycles. The number of amides is 1. The van der Waals surface area contributed by atoms with Gasteiger partial charge in [0, 0.05) is 18.8 Å². The zero-order valence-corrected chi connectivity index (χ0v) is 18.5. The molecule has 0 saturated heterocycles. The molecular weight excluding hydrogens is 388 g/mol. The van der Waals surface area contributed by atoms with Crippen molar-refractivity contribution in [3.63, 3.8) is 0 Å². The van der Waals surface area contributed by atoms with Crippen molar-refractivity contribution in [1.82, 2.24) is 4.31 Å². The molecule has 2 rings (SSSR count). The van der Waals surface area contributed by atoms with Crippen molar-refractivity contribution in [2.75, 3.05) is 25.0 Å². The summed E-state index contributed by atoms with van der Waals surface area (Å²) in [5.41, 5.74) is 0.505. The van der Waals surface area contributed by atoms with E-state index < -0.39 is 15.4 Å². The van der Waals surface area contributed by atoms with Gasteiger partial charge in [0.2, 0.25) is 15.9 Å². The van der Waals surface area contributed by atoms with Gasteiger partial charge in [0.25, 0.3) is 0 Å². The van der Waals surface area contributed by atoms with Gasteiger partial charge in [-0.15, -0.1) is 0 Å². The molecule has 0 unspecified atom stereocenters. The van der Waals surface area contributed by atoms with Gasteiger partial charge >= 0.3 is 0 Å². The second-order valence-corrected chi connectivity index (χ2v) is 9.04. The Morgan fingerprint density at radius 3 is 2.21 bits per heavy atom. The lowest BCUT2D eigenvalue weighted by Crippen LogP contribution is -2.35. The average molecular weight is 419 g/mol. The molecule has 0 atom stereocenters. The Morgan fingerprint density at radius 1 is 1.03 bits per heavy atom. The van der Waals surface area contributed by atoms with Crippen molar-refractivity contribution in [1.29, 1.82) is 0 Å². The molecular formula is C22H30N2O4S. The van der Waals surface area contributed by atoms with Crippen molar-refractivity contribution in [2.24, 2.45) is 0 Å². The molecule has 1 N–H and O–H groups in total. The first kappa shape index (κ1) is 22.9. The van der Waals surface area contributed by atoms with Gasteiger partial charge in [0.05, 0.1) is 12.0 Å². The van der Waals surface area contributed by atoms with Crippen LogP contribution in [-0.4, -0.2) is 38.3 Å². The summed E-state index contributed by atoms with van der Waals surface area (Å²) in [5, 5.41) is 2.86. The number of benzene rings is 2. The fraction of sp³-hybridized carbons (Fsp3) is 0.409. The number of hydrogen-bond acceptors (Lipinski definition) is 4. The Kier molecular flexibility index (Phi) is 7.43. The van der Waals surface area contributed by atoms with Gasteiger partial charge in [-0.25, -0.2) is 8.42 Å². The van der Waals surface area contributed by atoms with Crippen molar-refractivity contribution in [3.8, 4) is 5.75 Å². The number of hydrogen-bond donors (Lipinski definition) is 1. The molecule has 1 amide bonds. The SMILES string of the molecule is CCOc1ccc(NC(=O)C(C)(C)c2ccccc2)cc1S(=O)(=O)N(CC)CC. The molecule has 0 spiro atoms. The van der Waals surface area contributed by atoms with Crippen LogP contribution in [0.2, 0.25) is 0 Å². The van der Waals surface area contributed by atoms with Crippen LogP contribution in [0.1, 0.15) is 40.2 Å². The van der Waals surface area contributed by atoms with Crippen molar-refractivity contribution < 1.29 is 17.9 Å². The summed E-state index contributed by atoms with van der Waals surface area (Å²) in [4.78, 5) is 13.0. The maximum absolute atomic E-state index is 13.1. The molecule has 6 nitrogen and oxygen atoms in total. The Balaban J connectivity index is 2.41. The molecule has 0 fully saturated rings. The number of rotatable bonds is 9. The van der Waals surface area contributed by atoms with E-state index in [-0.39, 0.29) is 16.6 Å². The van der Waals surface area contributed by atoms with Crippen LogP contribution in [0.15, 0.2) is 53.4 Å². The Bertz CT molecular complexity index is 937. The van der Waals surface area contributed by atoms with Crippen molar-refractivity contribution >= 4 is 21.6 Å². The molecule has 0 heterocycles. The Labute approximate surface area is 173 Å². The normalized spacial score (nSPS) is 12.1. The zero-order chi connectivity index (χ0) is 21.7. The number of nitrogens with zero attached hydrogens (tertiary/aromatic N) is 1. The van der Waals surface area contributed by atoms with E-state index in [1.807, 2.05) is 44.2 Å². The summed E-state index contributed by atoms with van der Waals surface area (Å²) < 4.78 is 33.1. The minimum atomic E-state index is -3.74. The van der Waals surface area contributed by atoms with Crippen molar-refractivity contribution in [2.45, 2.75) is 44.9 Å². The molecule has 0 aromatic heterocycles. The number of sulfonamides is 1. The fourth-order valence-electron chi connectivity index (χ4n) is 3.04. The third-order valence-electron chi connectivity index (χ3n) is 4.89. The first-order chi connectivity index (χ1) is 13.7. The third-order valence-corrected chi connectivity index (χ3v) is 6.96. The molecule has 0 aliphatic heterocycles. The Morgan fingerprint density at radius 2 is 1.66 bits per heavy atom. The fourth-order valence-corrected chi connectivity index (χ4v) is 4.65. The molecule has 158 valence electrons. The van der Waals surface area contributed by atoms with Crippen LogP contribution in [0.3, 0.4) is 0 Å². The maximum Gasteiger partial charge on any atom is 0.246 e. The van der Waals surface area contributed by atoms with Gasteiger partial charge in [-0.1, -0.05) is 44.2 Å². The summed E-state index contributed by atoms with van der Waals surface area (Å²) in [6.45, 7) is 10.1. The molecule has 7 heteroatoms. The summed E-state index contributed by atoms with van der Waals surface area (Å²) in [5.74, 6) is 0.0544. The highest BCUT2D eigenvalue weighted by atomic mass is 32.2. The van der Waals surface area contributed by atoms with E-state index in [1.54, 1.807) is 32.9 Å². The standard InChI is InChI=1S/C22H30N2O4S/c1-6-24(7-2)29(26,27)20-16-18(14-15-19(20)28-8-3)23-21(25)22(4,5)17-12-10-9-11-13-17/h9-16H,6-8H2,1-5H3,(H,23,25). The van der Waals surface area contributed by atoms with Gasteiger partial charge in [0.1, 0.15) is 10.6 Å². The number of carbonyl (C=O) groups is 1. The predicted octanol–water partition coefficient (Wildman–Crippen LogP) is 4.03. The monoisotopic (exact) mass is 418 g/mol. The summed E-state index contributed by atoms with van der Waals surface area (Å²) in [6.07, 6.45) is 0. The highest BCUT2D eigenvalue weighted by molar-refractivity contribution is 7.89. The lowest BCUT2D eigenvalue weighted by molar-refractivity contribution is -0.120. The van der Waals surface area contributed by atoms with Crippen LogP contribution in [0, 0.1) is 0 Å². The summed E-state index contributed by atoms with van der Waals surface area (Å²) in [6, 6.07) is 14.2. The molecule has 0 radical (unpaired) electrons. The third kappa shape index (κ3) is 4.97. The van der Waals surface area contributed by atoms with E-state index in [9.17, 15) is 13.2 Å². The van der Waals surface area contributed by atoms with Gasteiger partial charge in [0.15, 0.2) is 0 Å². The molecule has 0 saturated carbocycles. The average Bonchev–Trinajstić information content (AvgIpc) is 2.70. The largest absolute Gasteiger partial charge is 0.492 e. The number of carbonyl (C=O) groups excluding carboxylic acids is 1. The predicted molar refractivity (Wildman–Crippen MR) is 116 cm³/mol.